The summed E-state index contributed by atoms with van der Waals surface area (Å²) >= 11 is 1.73. The number of benzene rings is 1. The molecule has 0 radical (unpaired) electrons. The van der Waals surface area contributed by atoms with E-state index < -0.39 is 0 Å². The lowest BCUT2D eigenvalue weighted by Gasteiger charge is -2.15. The highest BCUT2D eigenvalue weighted by molar-refractivity contribution is 8.01. The normalized spacial score (nSPS) is 16.1. The summed E-state index contributed by atoms with van der Waals surface area (Å²) in [7, 11) is 1.83. The standard InChI is InChI=1S/C19H25N3O2S/c1-13-17(20-18(23)14(2)25-16-11-7-8-12-16)19(24)22(21(13)3)15-9-5-4-6-10-15/h4-6,9-10,14,16H,7-8,11-12H2,1-3H3,(H,20,23)/t14-/m0/s1. The molecule has 25 heavy (non-hydrogen) atoms. The lowest BCUT2D eigenvalue weighted by Crippen LogP contribution is -2.28. The predicted octanol–water partition coefficient (Wildman–Crippen LogP) is 3.49. The Morgan fingerprint density at radius 1 is 1.24 bits per heavy atom. The van der Waals surface area contributed by atoms with E-state index in [0.29, 0.717) is 10.9 Å². The number of carbonyl (C=O) groups is 1. The maximum Gasteiger partial charge on any atom is 0.295 e. The van der Waals surface area contributed by atoms with Crippen LogP contribution in [0.25, 0.3) is 5.69 Å². The van der Waals surface area contributed by atoms with Crippen molar-refractivity contribution in [2.45, 2.75) is 50.0 Å². The van der Waals surface area contributed by atoms with E-state index in [2.05, 4.69) is 5.32 Å². The van der Waals surface area contributed by atoms with E-state index in [1.807, 2.05) is 51.2 Å². The minimum atomic E-state index is -0.197. The molecule has 5 nitrogen and oxygen atoms in total. The third-order valence-electron chi connectivity index (χ3n) is 4.87. The number of hydrogen-bond donors (Lipinski definition) is 1. The fourth-order valence-corrected chi connectivity index (χ4v) is 4.68. The van der Waals surface area contributed by atoms with Crippen molar-refractivity contribution in [3.8, 4) is 5.69 Å². The van der Waals surface area contributed by atoms with E-state index in [1.54, 1.807) is 21.1 Å². The first kappa shape index (κ1) is 17.9. The van der Waals surface area contributed by atoms with E-state index in [4.69, 9.17) is 0 Å². The Labute approximate surface area is 152 Å². The third-order valence-corrected chi connectivity index (χ3v) is 6.35. The van der Waals surface area contributed by atoms with Crippen LogP contribution in [0.4, 0.5) is 5.69 Å². The molecule has 3 rings (SSSR count). The van der Waals surface area contributed by atoms with Crippen LogP contribution >= 0.6 is 11.8 Å². The molecule has 6 heteroatoms. The summed E-state index contributed by atoms with van der Waals surface area (Å²) < 4.78 is 3.36. The molecule has 1 aromatic heterocycles. The molecular weight excluding hydrogens is 334 g/mol. The summed E-state index contributed by atoms with van der Waals surface area (Å²) in [5.74, 6) is -0.0945. The Balaban J connectivity index is 1.81. The molecule has 0 unspecified atom stereocenters. The molecule has 2 aromatic rings. The van der Waals surface area contributed by atoms with Crippen molar-refractivity contribution in [1.29, 1.82) is 0 Å². The molecule has 134 valence electrons. The first-order valence-corrected chi connectivity index (χ1v) is 9.73. The minimum absolute atomic E-state index is 0.0945. The van der Waals surface area contributed by atoms with Crippen molar-refractivity contribution in [1.82, 2.24) is 9.36 Å². The van der Waals surface area contributed by atoms with Crippen LogP contribution in [-0.2, 0) is 11.8 Å². The van der Waals surface area contributed by atoms with Gasteiger partial charge in [-0.2, -0.15) is 0 Å². The second-order valence-electron chi connectivity index (χ2n) is 6.61. The van der Waals surface area contributed by atoms with Crippen LogP contribution in [0.2, 0.25) is 0 Å². The molecule has 1 fully saturated rings. The van der Waals surface area contributed by atoms with Gasteiger partial charge in [0.1, 0.15) is 5.69 Å². The number of thioether (sulfide) groups is 1. The monoisotopic (exact) mass is 359 g/mol. The van der Waals surface area contributed by atoms with Gasteiger partial charge in [0.05, 0.1) is 16.6 Å². The van der Waals surface area contributed by atoms with E-state index in [0.717, 1.165) is 11.4 Å². The Kier molecular flexibility index (Phi) is 5.37. The zero-order valence-corrected chi connectivity index (χ0v) is 15.8. The van der Waals surface area contributed by atoms with Gasteiger partial charge in [0.2, 0.25) is 5.91 Å². The topological polar surface area (TPSA) is 56.0 Å². The largest absolute Gasteiger partial charge is 0.319 e. The van der Waals surface area contributed by atoms with Gasteiger partial charge in [-0.3, -0.25) is 14.3 Å². The van der Waals surface area contributed by atoms with Crippen LogP contribution in [-0.4, -0.2) is 25.8 Å². The van der Waals surface area contributed by atoms with Crippen LogP contribution in [0.15, 0.2) is 35.1 Å². The van der Waals surface area contributed by atoms with Gasteiger partial charge in [0, 0.05) is 12.3 Å². The molecule has 1 aliphatic carbocycles. The second-order valence-corrected chi connectivity index (χ2v) is 8.26. The number of para-hydroxylation sites is 1. The molecule has 1 atom stereocenters. The number of hydrogen-bond acceptors (Lipinski definition) is 3. The summed E-state index contributed by atoms with van der Waals surface area (Å²) in [5.41, 5.74) is 1.71. The number of anilines is 1. The lowest BCUT2D eigenvalue weighted by molar-refractivity contribution is -0.115. The zero-order chi connectivity index (χ0) is 18.0. The van der Waals surface area contributed by atoms with Gasteiger partial charge in [-0.25, -0.2) is 4.68 Å². The molecule has 1 aromatic carbocycles. The molecule has 0 aliphatic heterocycles. The highest BCUT2D eigenvalue weighted by Crippen LogP contribution is 2.32. The van der Waals surface area contributed by atoms with Gasteiger partial charge < -0.3 is 5.32 Å². The molecule has 1 saturated carbocycles. The van der Waals surface area contributed by atoms with Crippen LogP contribution in [0.3, 0.4) is 0 Å². The average Bonchev–Trinajstić information content (AvgIpc) is 3.18. The number of rotatable bonds is 5. The molecule has 1 amide bonds. The van der Waals surface area contributed by atoms with Crippen molar-refractivity contribution in [2.24, 2.45) is 7.05 Å². The highest BCUT2D eigenvalue weighted by atomic mass is 32.2. The summed E-state index contributed by atoms with van der Waals surface area (Å²) in [5, 5.41) is 3.28. The Morgan fingerprint density at radius 2 is 1.88 bits per heavy atom. The molecule has 1 aliphatic rings. The molecular formula is C19H25N3O2S. The maximum absolute atomic E-state index is 12.8. The third kappa shape index (κ3) is 3.68. The summed E-state index contributed by atoms with van der Waals surface area (Å²) in [6.07, 6.45) is 4.89. The van der Waals surface area contributed by atoms with Crippen molar-refractivity contribution >= 4 is 23.4 Å². The molecule has 0 spiro atoms. The lowest BCUT2D eigenvalue weighted by atomic mass is 10.3. The van der Waals surface area contributed by atoms with Gasteiger partial charge in [-0.15, -0.1) is 11.8 Å². The molecule has 1 N–H and O–H groups in total. The number of nitrogens with zero attached hydrogens (tertiary/aromatic N) is 2. The first-order valence-electron chi connectivity index (χ1n) is 8.79. The summed E-state index contributed by atoms with van der Waals surface area (Å²) in [6.45, 7) is 3.78. The minimum Gasteiger partial charge on any atom is -0.319 e. The van der Waals surface area contributed by atoms with Crippen molar-refractivity contribution in [2.75, 3.05) is 5.32 Å². The number of aromatic nitrogens is 2. The second kappa shape index (κ2) is 7.52. The van der Waals surface area contributed by atoms with Gasteiger partial charge in [0.15, 0.2) is 0 Å². The smallest absolute Gasteiger partial charge is 0.295 e. The number of nitrogens with one attached hydrogen (secondary N) is 1. The molecule has 0 saturated heterocycles. The maximum atomic E-state index is 12.8. The van der Waals surface area contributed by atoms with Crippen LogP contribution in [0.5, 0.6) is 0 Å². The average molecular weight is 359 g/mol. The Bertz CT molecular complexity index is 804. The fourth-order valence-electron chi connectivity index (χ4n) is 3.31. The van der Waals surface area contributed by atoms with Gasteiger partial charge in [-0.1, -0.05) is 31.0 Å². The predicted molar refractivity (Wildman–Crippen MR) is 104 cm³/mol. The SMILES string of the molecule is Cc1c(NC(=O)[C@H](C)SC2CCCC2)c(=O)n(-c2ccccc2)n1C. The fraction of sp³-hybridized carbons (Fsp3) is 0.474. The van der Waals surface area contributed by atoms with E-state index >= 15 is 0 Å². The van der Waals surface area contributed by atoms with Gasteiger partial charge in [-0.05, 0) is 38.8 Å². The molecule has 1 heterocycles. The summed E-state index contributed by atoms with van der Waals surface area (Å²) in [4.78, 5) is 25.4. The number of amides is 1. The molecule has 0 bridgehead atoms. The Morgan fingerprint density at radius 3 is 2.52 bits per heavy atom. The summed E-state index contributed by atoms with van der Waals surface area (Å²) in [6, 6.07) is 9.45. The van der Waals surface area contributed by atoms with E-state index in [-0.39, 0.29) is 16.7 Å². The highest BCUT2D eigenvalue weighted by Gasteiger charge is 2.25. The van der Waals surface area contributed by atoms with E-state index in [9.17, 15) is 9.59 Å². The van der Waals surface area contributed by atoms with Crippen molar-refractivity contribution in [3.05, 3.63) is 46.4 Å². The zero-order valence-electron chi connectivity index (χ0n) is 15.0. The van der Waals surface area contributed by atoms with Gasteiger partial charge >= 0.3 is 0 Å². The van der Waals surface area contributed by atoms with Crippen molar-refractivity contribution in [3.63, 3.8) is 0 Å². The van der Waals surface area contributed by atoms with Crippen molar-refractivity contribution < 1.29 is 4.79 Å². The van der Waals surface area contributed by atoms with Crippen LogP contribution in [0, 0.1) is 6.92 Å². The van der Waals surface area contributed by atoms with Crippen LogP contribution in [0.1, 0.15) is 38.3 Å². The quantitative estimate of drug-likeness (QED) is 0.889. The first-order chi connectivity index (χ1) is 12.0. The van der Waals surface area contributed by atoms with E-state index in [1.165, 1.54) is 25.7 Å². The van der Waals surface area contributed by atoms with Gasteiger partial charge in [0.25, 0.3) is 5.56 Å². The number of carbonyl (C=O) groups excluding carboxylic acids is 1. The van der Waals surface area contributed by atoms with Crippen LogP contribution < -0.4 is 10.9 Å². The Hall–Kier alpha value is -1.95.